The number of amides is 1. The summed E-state index contributed by atoms with van der Waals surface area (Å²) in [6.07, 6.45) is 2.70. The van der Waals surface area contributed by atoms with Crippen molar-refractivity contribution in [2.75, 3.05) is 5.32 Å². The molecule has 1 aromatic heterocycles. The van der Waals surface area contributed by atoms with E-state index in [4.69, 9.17) is 10.00 Å². The number of hydrogen-bond donors (Lipinski definition) is 1. The highest BCUT2D eigenvalue weighted by Crippen LogP contribution is 2.41. The van der Waals surface area contributed by atoms with E-state index in [1.54, 1.807) is 24.3 Å². The summed E-state index contributed by atoms with van der Waals surface area (Å²) in [5.74, 6) is 1.88. The third-order valence-electron chi connectivity index (χ3n) is 4.29. The Morgan fingerprint density at radius 3 is 2.44 bits per heavy atom. The van der Waals surface area contributed by atoms with Crippen molar-refractivity contribution in [1.82, 2.24) is 4.37 Å². The van der Waals surface area contributed by atoms with Crippen LogP contribution in [0.15, 0.2) is 54.6 Å². The number of ether oxygens (including phenoxy) is 1. The van der Waals surface area contributed by atoms with Gasteiger partial charge >= 0.3 is 0 Å². The lowest BCUT2D eigenvalue weighted by Gasteiger charge is -2.07. The van der Waals surface area contributed by atoms with Crippen LogP contribution in [0.4, 0.5) is 5.00 Å². The molecule has 1 aliphatic carbocycles. The zero-order valence-electron chi connectivity index (χ0n) is 14.5. The molecule has 3 aromatic rings. The summed E-state index contributed by atoms with van der Waals surface area (Å²) in [6, 6.07) is 18.4. The van der Waals surface area contributed by atoms with Gasteiger partial charge < -0.3 is 10.1 Å². The summed E-state index contributed by atoms with van der Waals surface area (Å²) in [4.78, 5) is 12.2. The molecule has 0 saturated heterocycles. The predicted octanol–water partition coefficient (Wildman–Crippen LogP) is 4.87. The zero-order valence-corrected chi connectivity index (χ0v) is 15.3. The number of benzene rings is 2. The van der Waals surface area contributed by atoms with E-state index in [1.165, 1.54) is 24.4 Å². The summed E-state index contributed by atoms with van der Waals surface area (Å²) in [5.41, 5.74) is 2.60. The molecule has 1 heterocycles. The molecular formula is C21H17N3O2S. The smallest absolute Gasteiger partial charge is 0.229 e. The van der Waals surface area contributed by atoms with Crippen molar-refractivity contribution >= 4 is 22.4 Å². The van der Waals surface area contributed by atoms with E-state index in [1.807, 2.05) is 30.3 Å². The summed E-state index contributed by atoms with van der Waals surface area (Å²) in [6.45, 7) is 0. The van der Waals surface area contributed by atoms with E-state index >= 15 is 0 Å². The van der Waals surface area contributed by atoms with Crippen molar-refractivity contribution in [3.63, 3.8) is 0 Å². The maximum Gasteiger partial charge on any atom is 0.229 e. The number of rotatable bonds is 6. The first-order valence-corrected chi connectivity index (χ1v) is 9.50. The standard InChI is InChI=1S/C21H17N3O2S/c22-13-15-3-9-18(10-4-15)26-17-7-1-14(2-8-17)11-20(25)23-21-12-19(24-27-21)16-5-6-16/h1-4,7-10,12,16H,5-6,11H2,(H,23,25). The molecule has 0 aliphatic heterocycles. The number of anilines is 1. The molecule has 1 aliphatic rings. The van der Waals surface area contributed by atoms with Crippen LogP contribution in [0.5, 0.6) is 11.5 Å². The van der Waals surface area contributed by atoms with Crippen molar-refractivity contribution in [1.29, 1.82) is 5.26 Å². The molecule has 4 rings (SSSR count). The van der Waals surface area contributed by atoms with E-state index in [2.05, 4.69) is 15.8 Å². The van der Waals surface area contributed by atoms with Crippen LogP contribution >= 0.6 is 11.5 Å². The Bertz CT molecular complexity index is 984. The van der Waals surface area contributed by atoms with Crippen LogP contribution in [-0.2, 0) is 11.2 Å². The Balaban J connectivity index is 1.32. The minimum absolute atomic E-state index is 0.0539. The van der Waals surface area contributed by atoms with Gasteiger partial charge in [0.1, 0.15) is 16.5 Å². The van der Waals surface area contributed by atoms with Crippen LogP contribution in [0.2, 0.25) is 0 Å². The van der Waals surface area contributed by atoms with Gasteiger partial charge in [-0.25, -0.2) is 0 Å². The molecule has 6 heteroatoms. The molecule has 1 saturated carbocycles. The lowest BCUT2D eigenvalue weighted by atomic mass is 10.1. The minimum Gasteiger partial charge on any atom is -0.457 e. The lowest BCUT2D eigenvalue weighted by Crippen LogP contribution is -2.13. The van der Waals surface area contributed by atoms with Gasteiger partial charge in [0.2, 0.25) is 5.91 Å². The first-order valence-electron chi connectivity index (χ1n) is 8.73. The number of nitriles is 1. The van der Waals surface area contributed by atoms with Crippen LogP contribution in [0.25, 0.3) is 0 Å². The van der Waals surface area contributed by atoms with Crippen LogP contribution < -0.4 is 10.1 Å². The van der Waals surface area contributed by atoms with Crippen molar-refractivity contribution in [3.05, 3.63) is 71.4 Å². The fraction of sp³-hybridized carbons (Fsp3) is 0.190. The second-order valence-electron chi connectivity index (χ2n) is 6.50. The second kappa shape index (κ2) is 7.60. The van der Waals surface area contributed by atoms with E-state index in [0.717, 1.165) is 16.3 Å². The third kappa shape index (κ3) is 4.52. The molecule has 5 nitrogen and oxygen atoms in total. The average molecular weight is 375 g/mol. The molecule has 1 amide bonds. The van der Waals surface area contributed by atoms with E-state index in [0.29, 0.717) is 29.4 Å². The molecule has 0 spiro atoms. The number of hydrogen-bond acceptors (Lipinski definition) is 5. The number of nitrogens with zero attached hydrogens (tertiary/aromatic N) is 2. The average Bonchev–Trinajstić information content (AvgIpc) is 3.43. The Morgan fingerprint density at radius 1 is 1.15 bits per heavy atom. The van der Waals surface area contributed by atoms with Gasteiger partial charge in [-0.3, -0.25) is 4.79 Å². The van der Waals surface area contributed by atoms with Crippen LogP contribution in [-0.4, -0.2) is 10.3 Å². The molecule has 27 heavy (non-hydrogen) atoms. The van der Waals surface area contributed by atoms with Crippen LogP contribution in [0.1, 0.15) is 35.6 Å². The van der Waals surface area contributed by atoms with Gasteiger partial charge in [-0.2, -0.15) is 9.64 Å². The van der Waals surface area contributed by atoms with Crippen molar-refractivity contribution in [2.45, 2.75) is 25.2 Å². The maximum absolute atomic E-state index is 12.2. The molecule has 1 fully saturated rings. The molecule has 0 radical (unpaired) electrons. The number of nitrogens with one attached hydrogen (secondary N) is 1. The number of carbonyl (C=O) groups excluding carboxylic acids is 1. The van der Waals surface area contributed by atoms with Crippen molar-refractivity contribution < 1.29 is 9.53 Å². The summed E-state index contributed by atoms with van der Waals surface area (Å²) < 4.78 is 10.1. The van der Waals surface area contributed by atoms with Gasteiger partial charge in [0.05, 0.1) is 23.7 Å². The second-order valence-corrected chi connectivity index (χ2v) is 7.30. The first-order chi connectivity index (χ1) is 13.2. The first kappa shape index (κ1) is 17.3. The highest BCUT2D eigenvalue weighted by Gasteiger charge is 2.26. The molecule has 1 N–H and O–H groups in total. The van der Waals surface area contributed by atoms with Gasteiger partial charge in [0.15, 0.2) is 0 Å². The zero-order chi connectivity index (χ0) is 18.6. The normalized spacial score (nSPS) is 13.0. The third-order valence-corrected chi connectivity index (χ3v) is 5.01. The topological polar surface area (TPSA) is 75.0 Å². The summed E-state index contributed by atoms with van der Waals surface area (Å²) in [5, 5.41) is 12.5. The van der Waals surface area contributed by atoms with Gasteiger partial charge in [-0.15, -0.1) is 0 Å². The Morgan fingerprint density at radius 2 is 1.81 bits per heavy atom. The van der Waals surface area contributed by atoms with Crippen molar-refractivity contribution in [2.24, 2.45) is 0 Å². The predicted molar refractivity (Wildman–Crippen MR) is 104 cm³/mol. The van der Waals surface area contributed by atoms with Crippen LogP contribution in [0.3, 0.4) is 0 Å². The summed E-state index contributed by atoms with van der Waals surface area (Å²) in [7, 11) is 0. The highest BCUT2D eigenvalue weighted by molar-refractivity contribution is 7.10. The largest absolute Gasteiger partial charge is 0.457 e. The Kier molecular flexibility index (Phi) is 4.86. The molecule has 2 aromatic carbocycles. The van der Waals surface area contributed by atoms with E-state index < -0.39 is 0 Å². The van der Waals surface area contributed by atoms with Crippen molar-refractivity contribution in [3.8, 4) is 17.6 Å². The Hall–Kier alpha value is -3.17. The molecule has 0 unspecified atom stereocenters. The van der Waals surface area contributed by atoms with Gasteiger partial charge in [-0.1, -0.05) is 12.1 Å². The lowest BCUT2D eigenvalue weighted by molar-refractivity contribution is -0.115. The number of aromatic nitrogens is 1. The Labute approximate surface area is 161 Å². The minimum atomic E-state index is -0.0539. The summed E-state index contributed by atoms with van der Waals surface area (Å²) >= 11 is 1.34. The van der Waals surface area contributed by atoms with Gasteiger partial charge in [0, 0.05) is 5.92 Å². The van der Waals surface area contributed by atoms with E-state index in [9.17, 15) is 4.79 Å². The highest BCUT2D eigenvalue weighted by atomic mass is 32.1. The van der Waals surface area contributed by atoms with Gasteiger partial charge in [0.25, 0.3) is 0 Å². The SMILES string of the molecule is N#Cc1ccc(Oc2ccc(CC(=O)Nc3cc(C4CC4)ns3)cc2)cc1. The fourth-order valence-electron chi connectivity index (χ4n) is 2.70. The van der Waals surface area contributed by atoms with Crippen LogP contribution in [0, 0.1) is 11.3 Å². The quantitative estimate of drug-likeness (QED) is 0.667. The molecule has 134 valence electrons. The maximum atomic E-state index is 12.2. The van der Waals surface area contributed by atoms with E-state index in [-0.39, 0.29) is 5.91 Å². The molecule has 0 bridgehead atoms. The number of carbonyl (C=O) groups is 1. The monoisotopic (exact) mass is 375 g/mol. The molecule has 0 atom stereocenters. The molecular weight excluding hydrogens is 358 g/mol. The van der Waals surface area contributed by atoms with Gasteiger partial charge in [-0.05, 0) is 72.4 Å². The fourth-order valence-corrected chi connectivity index (χ4v) is 3.43.